The summed E-state index contributed by atoms with van der Waals surface area (Å²) in [6.07, 6.45) is 13.3. The topological polar surface area (TPSA) is 0 Å². The highest BCUT2D eigenvalue weighted by atomic mass is 32.1. The summed E-state index contributed by atoms with van der Waals surface area (Å²) in [4.78, 5) is 6.25. The van der Waals surface area contributed by atoms with Gasteiger partial charge >= 0.3 is 0 Å². The Bertz CT molecular complexity index is 1420. The molecule has 6 rings (SSSR count). The highest BCUT2D eigenvalue weighted by molar-refractivity contribution is 7.36. The van der Waals surface area contributed by atoms with Gasteiger partial charge in [-0.1, -0.05) is 52.4 Å². The smallest absolute Gasteiger partial charge is 0.0636 e. The second kappa shape index (κ2) is 10.3. The van der Waals surface area contributed by atoms with Crippen molar-refractivity contribution >= 4 is 108 Å². The predicted octanol–water partition coefficient (Wildman–Crippen LogP) is 12.6. The minimum Gasteiger partial charge on any atom is -0.147 e. The molecule has 0 aliphatic heterocycles. The lowest BCUT2D eigenvalue weighted by Gasteiger charge is -1.98. The summed E-state index contributed by atoms with van der Waals surface area (Å²) in [5.74, 6) is 0. The van der Waals surface area contributed by atoms with Crippen LogP contribution in [0.3, 0.4) is 0 Å². The van der Waals surface area contributed by atoms with Crippen molar-refractivity contribution in [3.63, 3.8) is 0 Å². The molecule has 0 unspecified atom stereocenters. The van der Waals surface area contributed by atoms with E-state index in [9.17, 15) is 0 Å². The number of unbranched alkanes of at least 4 members (excludes halogenated alkanes) is 6. The Morgan fingerprint density at radius 2 is 0.882 bits per heavy atom. The SMILES string of the molecule is CCCCCCc1scc2c1sc1c(-c3scc4c3sc3c(CCCCCC)scc34)scc12. The molecule has 0 atom stereocenters. The minimum atomic E-state index is 1.25. The maximum atomic E-state index is 2.43. The van der Waals surface area contributed by atoms with Gasteiger partial charge in [-0.15, -0.1) is 68.0 Å². The summed E-state index contributed by atoms with van der Waals surface area (Å²) in [6.45, 7) is 4.59. The third-order valence-corrected chi connectivity index (χ3v) is 14.2. The number of aryl methyl sites for hydroxylation is 2. The average Bonchev–Trinajstić information content (AvgIpc) is 3.64. The van der Waals surface area contributed by atoms with Gasteiger partial charge in [0, 0.05) is 62.2 Å². The lowest BCUT2D eigenvalue weighted by atomic mass is 10.1. The van der Waals surface area contributed by atoms with E-state index in [2.05, 4.69) is 58.0 Å². The van der Waals surface area contributed by atoms with Crippen molar-refractivity contribution in [1.29, 1.82) is 0 Å². The van der Waals surface area contributed by atoms with E-state index in [1.54, 1.807) is 19.2 Å². The van der Waals surface area contributed by atoms with E-state index in [0.717, 1.165) is 0 Å². The van der Waals surface area contributed by atoms with Crippen LogP contribution >= 0.6 is 68.0 Å². The Hall–Kier alpha value is -0.760. The molecule has 0 spiro atoms. The number of fused-ring (bicyclic) bond motifs is 6. The highest BCUT2D eigenvalue weighted by Crippen LogP contribution is 2.53. The fraction of sp³-hybridized carbons (Fsp3) is 0.429. The van der Waals surface area contributed by atoms with Gasteiger partial charge in [0.1, 0.15) is 0 Å². The van der Waals surface area contributed by atoms with Crippen LogP contribution in [0.4, 0.5) is 0 Å². The van der Waals surface area contributed by atoms with Crippen molar-refractivity contribution in [2.75, 3.05) is 0 Å². The van der Waals surface area contributed by atoms with Gasteiger partial charge in [0.2, 0.25) is 0 Å². The average molecular weight is 559 g/mol. The lowest BCUT2D eigenvalue weighted by Crippen LogP contribution is -1.81. The summed E-state index contributed by atoms with van der Waals surface area (Å²) in [5.41, 5.74) is 0. The van der Waals surface area contributed by atoms with Crippen molar-refractivity contribution in [3.05, 3.63) is 31.3 Å². The van der Waals surface area contributed by atoms with Gasteiger partial charge in [0.05, 0.1) is 19.2 Å². The van der Waals surface area contributed by atoms with Gasteiger partial charge < -0.3 is 0 Å². The van der Waals surface area contributed by atoms with Crippen LogP contribution in [0.25, 0.3) is 50.1 Å². The maximum Gasteiger partial charge on any atom is 0.0636 e. The van der Waals surface area contributed by atoms with E-state index in [4.69, 9.17) is 0 Å². The Kier molecular flexibility index (Phi) is 7.17. The first kappa shape index (κ1) is 23.6. The van der Waals surface area contributed by atoms with Gasteiger partial charge in [-0.25, -0.2) is 0 Å². The fourth-order valence-corrected chi connectivity index (χ4v) is 12.8. The van der Waals surface area contributed by atoms with Gasteiger partial charge in [-0.3, -0.25) is 0 Å². The Morgan fingerprint density at radius 3 is 1.32 bits per heavy atom. The van der Waals surface area contributed by atoms with Crippen LogP contribution in [0, 0.1) is 0 Å². The largest absolute Gasteiger partial charge is 0.147 e. The second-order valence-electron chi connectivity index (χ2n) is 9.24. The quantitative estimate of drug-likeness (QED) is 0.139. The monoisotopic (exact) mass is 558 g/mol. The normalized spacial score (nSPS) is 12.4. The third kappa shape index (κ3) is 4.12. The van der Waals surface area contributed by atoms with Crippen molar-refractivity contribution in [3.8, 4) is 9.75 Å². The van der Waals surface area contributed by atoms with Crippen LogP contribution in [0.2, 0.25) is 0 Å². The van der Waals surface area contributed by atoms with E-state index in [1.807, 2.05) is 45.3 Å². The van der Waals surface area contributed by atoms with Gasteiger partial charge in [0.15, 0.2) is 0 Å². The van der Waals surface area contributed by atoms with E-state index in [0.29, 0.717) is 0 Å². The Morgan fingerprint density at radius 1 is 0.471 bits per heavy atom. The maximum absolute atomic E-state index is 2.43. The molecule has 6 heteroatoms. The van der Waals surface area contributed by atoms with E-state index in [-0.39, 0.29) is 0 Å². The molecule has 0 nitrogen and oxygen atoms in total. The number of thiophene rings is 6. The summed E-state index contributed by atoms with van der Waals surface area (Å²) in [5, 5.41) is 15.7. The molecule has 6 heterocycles. The zero-order chi connectivity index (χ0) is 23.1. The summed E-state index contributed by atoms with van der Waals surface area (Å²) < 4.78 is 6.18. The molecule has 0 fully saturated rings. The first-order chi connectivity index (χ1) is 16.8. The lowest BCUT2D eigenvalue weighted by molar-refractivity contribution is 0.671. The van der Waals surface area contributed by atoms with E-state index < -0.39 is 0 Å². The van der Waals surface area contributed by atoms with Crippen LogP contribution in [0.15, 0.2) is 21.5 Å². The molecule has 178 valence electrons. The van der Waals surface area contributed by atoms with Crippen molar-refractivity contribution < 1.29 is 0 Å². The minimum absolute atomic E-state index is 1.25. The number of hydrogen-bond acceptors (Lipinski definition) is 6. The molecule has 0 aliphatic carbocycles. The van der Waals surface area contributed by atoms with Crippen LogP contribution in [-0.4, -0.2) is 0 Å². The molecule has 0 amide bonds. The van der Waals surface area contributed by atoms with Crippen molar-refractivity contribution in [2.24, 2.45) is 0 Å². The molecule has 34 heavy (non-hydrogen) atoms. The van der Waals surface area contributed by atoms with E-state index in [1.165, 1.54) is 105 Å². The predicted molar refractivity (Wildman–Crippen MR) is 165 cm³/mol. The van der Waals surface area contributed by atoms with Crippen LogP contribution < -0.4 is 0 Å². The molecule has 0 saturated heterocycles. The van der Waals surface area contributed by atoms with Crippen LogP contribution in [-0.2, 0) is 12.8 Å². The first-order valence-corrected chi connectivity index (χ1v) is 17.8. The molecule has 0 radical (unpaired) electrons. The molecule has 0 aliphatic rings. The number of rotatable bonds is 11. The van der Waals surface area contributed by atoms with E-state index >= 15 is 0 Å². The van der Waals surface area contributed by atoms with Crippen molar-refractivity contribution in [1.82, 2.24) is 0 Å². The zero-order valence-corrected chi connectivity index (χ0v) is 24.7. The third-order valence-electron chi connectivity index (χ3n) is 6.83. The van der Waals surface area contributed by atoms with Gasteiger partial charge in [-0.2, -0.15) is 0 Å². The first-order valence-electron chi connectivity index (χ1n) is 12.6. The molecule has 6 aromatic heterocycles. The molecule has 0 saturated carbocycles. The Labute approximate surface area is 225 Å². The van der Waals surface area contributed by atoms with Crippen LogP contribution in [0.5, 0.6) is 0 Å². The summed E-state index contributed by atoms with van der Waals surface area (Å²) >= 11 is 12.0. The van der Waals surface area contributed by atoms with Crippen LogP contribution in [0.1, 0.15) is 75.0 Å². The Balaban J connectivity index is 1.34. The second-order valence-corrected chi connectivity index (χ2v) is 15.0. The highest BCUT2D eigenvalue weighted by Gasteiger charge is 2.21. The molecule has 6 aromatic rings. The van der Waals surface area contributed by atoms with Gasteiger partial charge in [-0.05, 0) is 25.7 Å². The molecular weight excluding hydrogens is 529 g/mol. The molecule has 0 N–H and O–H groups in total. The van der Waals surface area contributed by atoms with Gasteiger partial charge in [0.25, 0.3) is 0 Å². The fourth-order valence-electron chi connectivity index (χ4n) is 4.93. The zero-order valence-electron chi connectivity index (χ0n) is 19.8. The molecule has 0 aromatic carbocycles. The number of hydrogen-bond donors (Lipinski definition) is 0. The standard InChI is InChI=1S/C28H30S6/c1-3-5-7-9-11-21-23-17(13-29-21)19-15-31-27(25(19)33-23)28-26-20(16-32-28)18-14-30-22(24(18)34-26)12-10-8-6-4-2/h13-16H,3-12H2,1-2H3. The van der Waals surface area contributed by atoms with Crippen molar-refractivity contribution in [2.45, 2.75) is 78.1 Å². The summed E-state index contributed by atoms with van der Waals surface area (Å²) in [7, 11) is 0. The molecule has 0 bridgehead atoms. The summed E-state index contributed by atoms with van der Waals surface area (Å²) in [6, 6.07) is 0. The molecular formula is C28H30S6.